The number of rotatable bonds is 2. The molecule has 0 aromatic carbocycles. The Kier molecular flexibility index (Phi) is 2.46. The van der Waals surface area contributed by atoms with Crippen LogP contribution in [0.15, 0.2) is 0 Å². The highest BCUT2D eigenvalue weighted by atomic mass is 19.1. The summed E-state index contributed by atoms with van der Waals surface area (Å²) in [5.41, 5.74) is 0. The lowest BCUT2D eigenvalue weighted by molar-refractivity contribution is 0.251. The highest BCUT2D eigenvalue weighted by Crippen LogP contribution is 2.29. The van der Waals surface area contributed by atoms with E-state index in [0.717, 1.165) is 12.8 Å². The summed E-state index contributed by atoms with van der Waals surface area (Å²) in [5.74, 6) is 0.463. The lowest BCUT2D eigenvalue weighted by atomic mass is 10.1. The molecule has 54 valence electrons. The van der Waals surface area contributed by atoms with Crippen molar-refractivity contribution in [3.05, 3.63) is 0 Å². The molecule has 0 bridgehead atoms. The van der Waals surface area contributed by atoms with Crippen molar-refractivity contribution in [3.8, 4) is 0 Å². The molecule has 2 atom stereocenters. The smallest absolute Gasteiger partial charge is 0.100 e. The number of hydrogen-bond donors (Lipinski definition) is 1. The van der Waals surface area contributed by atoms with Gasteiger partial charge in [-0.1, -0.05) is 0 Å². The van der Waals surface area contributed by atoms with E-state index >= 15 is 0 Å². The third-order valence-corrected chi connectivity index (χ3v) is 2.01. The van der Waals surface area contributed by atoms with Gasteiger partial charge in [-0.25, -0.2) is 4.39 Å². The summed E-state index contributed by atoms with van der Waals surface area (Å²) in [5, 5.41) is 8.49. The zero-order chi connectivity index (χ0) is 6.69. The normalized spacial score (nSPS) is 35.3. The summed E-state index contributed by atoms with van der Waals surface area (Å²) in [6.45, 7) is 0.220. The highest BCUT2D eigenvalue weighted by Gasteiger charge is 2.22. The second-order valence-corrected chi connectivity index (χ2v) is 2.79. The summed E-state index contributed by atoms with van der Waals surface area (Å²) < 4.78 is 12.4. The lowest BCUT2D eigenvalue weighted by Crippen LogP contribution is -1.98. The first-order chi connectivity index (χ1) is 4.33. The Hall–Kier alpha value is -0.110. The molecule has 0 heterocycles. The second kappa shape index (κ2) is 3.16. The SMILES string of the molecule is OCCC1CCC(F)C1. The molecule has 0 saturated heterocycles. The van der Waals surface area contributed by atoms with Crippen LogP contribution in [0.3, 0.4) is 0 Å². The van der Waals surface area contributed by atoms with Gasteiger partial charge in [0.05, 0.1) is 0 Å². The van der Waals surface area contributed by atoms with E-state index < -0.39 is 6.17 Å². The largest absolute Gasteiger partial charge is 0.396 e. The Balaban J connectivity index is 2.14. The maximum absolute atomic E-state index is 12.4. The van der Waals surface area contributed by atoms with Crippen LogP contribution in [-0.2, 0) is 0 Å². The Morgan fingerprint density at radius 2 is 2.22 bits per heavy atom. The Bertz CT molecular complexity index is 83.0. The standard InChI is InChI=1S/C7H13FO/c8-7-2-1-6(5-7)3-4-9/h6-7,9H,1-5H2. The average Bonchev–Trinajstić information content (AvgIpc) is 2.17. The number of alkyl halides is 1. The van der Waals surface area contributed by atoms with Gasteiger partial charge < -0.3 is 5.11 Å². The van der Waals surface area contributed by atoms with Gasteiger partial charge in [0.25, 0.3) is 0 Å². The van der Waals surface area contributed by atoms with Crippen LogP contribution in [0.25, 0.3) is 0 Å². The van der Waals surface area contributed by atoms with Crippen molar-refractivity contribution in [1.29, 1.82) is 0 Å². The van der Waals surface area contributed by atoms with Crippen LogP contribution in [-0.4, -0.2) is 17.9 Å². The number of aliphatic hydroxyl groups is 1. The summed E-state index contributed by atoms with van der Waals surface area (Å²) in [4.78, 5) is 0. The molecular weight excluding hydrogens is 119 g/mol. The predicted octanol–water partition coefficient (Wildman–Crippen LogP) is 1.51. The van der Waals surface area contributed by atoms with Gasteiger partial charge in [-0.05, 0) is 31.6 Å². The predicted molar refractivity (Wildman–Crippen MR) is 33.9 cm³/mol. The van der Waals surface area contributed by atoms with Crippen molar-refractivity contribution in [1.82, 2.24) is 0 Å². The molecule has 1 rings (SSSR count). The minimum atomic E-state index is -0.582. The van der Waals surface area contributed by atoms with E-state index in [2.05, 4.69) is 0 Å². The van der Waals surface area contributed by atoms with Crippen LogP contribution in [0.1, 0.15) is 25.7 Å². The molecule has 2 unspecified atom stereocenters. The minimum absolute atomic E-state index is 0.220. The zero-order valence-electron chi connectivity index (χ0n) is 5.52. The molecule has 0 radical (unpaired) electrons. The summed E-state index contributed by atoms with van der Waals surface area (Å²) in [6.07, 6.45) is 2.58. The van der Waals surface area contributed by atoms with Crippen LogP contribution >= 0.6 is 0 Å². The van der Waals surface area contributed by atoms with Gasteiger partial charge in [0, 0.05) is 6.61 Å². The molecule has 0 spiro atoms. The topological polar surface area (TPSA) is 20.2 Å². The van der Waals surface area contributed by atoms with E-state index in [-0.39, 0.29) is 6.61 Å². The molecule has 0 aliphatic heterocycles. The molecule has 1 N–H and O–H groups in total. The molecule has 0 aromatic heterocycles. The van der Waals surface area contributed by atoms with E-state index in [9.17, 15) is 4.39 Å². The quantitative estimate of drug-likeness (QED) is 0.603. The Morgan fingerprint density at radius 3 is 2.67 bits per heavy atom. The average molecular weight is 132 g/mol. The number of aliphatic hydroxyl groups excluding tert-OH is 1. The molecule has 9 heavy (non-hydrogen) atoms. The summed E-state index contributed by atoms with van der Waals surface area (Å²) in [7, 11) is 0. The molecular formula is C7H13FO. The fourth-order valence-corrected chi connectivity index (χ4v) is 1.46. The van der Waals surface area contributed by atoms with Crippen LogP contribution in [0.5, 0.6) is 0 Å². The van der Waals surface area contributed by atoms with Crippen LogP contribution < -0.4 is 0 Å². The first kappa shape index (κ1) is 7.00. The lowest BCUT2D eigenvalue weighted by Gasteiger charge is -2.03. The molecule has 1 fully saturated rings. The van der Waals surface area contributed by atoms with E-state index in [4.69, 9.17) is 5.11 Å². The third kappa shape index (κ3) is 1.94. The minimum Gasteiger partial charge on any atom is -0.396 e. The summed E-state index contributed by atoms with van der Waals surface area (Å²) >= 11 is 0. The maximum atomic E-state index is 12.4. The molecule has 1 aliphatic rings. The molecule has 2 heteroatoms. The third-order valence-electron chi connectivity index (χ3n) is 2.01. The number of halogens is 1. The van der Waals surface area contributed by atoms with Crippen LogP contribution in [0.2, 0.25) is 0 Å². The number of hydrogen-bond acceptors (Lipinski definition) is 1. The van der Waals surface area contributed by atoms with Crippen molar-refractivity contribution in [2.45, 2.75) is 31.9 Å². The van der Waals surface area contributed by atoms with E-state index in [1.54, 1.807) is 0 Å². The second-order valence-electron chi connectivity index (χ2n) is 2.79. The van der Waals surface area contributed by atoms with Crippen molar-refractivity contribution in [2.24, 2.45) is 5.92 Å². The van der Waals surface area contributed by atoms with E-state index in [1.165, 1.54) is 0 Å². The van der Waals surface area contributed by atoms with Crippen LogP contribution in [0, 0.1) is 5.92 Å². The van der Waals surface area contributed by atoms with Gasteiger partial charge >= 0.3 is 0 Å². The molecule has 1 aliphatic carbocycles. The van der Waals surface area contributed by atoms with Gasteiger partial charge in [-0.3, -0.25) is 0 Å². The highest BCUT2D eigenvalue weighted by molar-refractivity contribution is 4.74. The van der Waals surface area contributed by atoms with Crippen molar-refractivity contribution < 1.29 is 9.50 Å². The fraction of sp³-hybridized carbons (Fsp3) is 1.00. The fourth-order valence-electron chi connectivity index (χ4n) is 1.46. The van der Waals surface area contributed by atoms with E-state index in [0.29, 0.717) is 18.8 Å². The summed E-state index contributed by atoms with van der Waals surface area (Å²) in [6, 6.07) is 0. The molecule has 1 saturated carbocycles. The van der Waals surface area contributed by atoms with Crippen molar-refractivity contribution in [3.63, 3.8) is 0 Å². The first-order valence-electron chi connectivity index (χ1n) is 3.58. The molecule has 1 nitrogen and oxygen atoms in total. The monoisotopic (exact) mass is 132 g/mol. The van der Waals surface area contributed by atoms with Gasteiger partial charge in [-0.15, -0.1) is 0 Å². The van der Waals surface area contributed by atoms with Gasteiger partial charge in [0.2, 0.25) is 0 Å². The molecule has 0 aromatic rings. The van der Waals surface area contributed by atoms with Gasteiger partial charge in [0.15, 0.2) is 0 Å². The van der Waals surface area contributed by atoms with Crippen molar-refractivity contribution >= 4 is 0 Å². The zero-order valence-corrected chi connectivity index (χ0v) is 5.52. The van der Waals surface area contributed by atoms with Gasteiger partial charge in [0.1, 0.15) is 6.17 Å². The Morgan fingerprint density at radius 1 is 1.44 bits per heavy atom. The van der Waals surface area contributed by atoms with Gasteiger partial charge in [-0.2, -0.15) is 0 Å². The van der Waals surface area contributed by atoms with Crippen LogP contribution in [0.4, 0.5) is 4.39 Å². The van der Waals surface area contributed by atoms with E-state index in [1.807, 2.05) is 0 Å². The van der Waals surface area contributed by atoms with Crippen molar-refractivity contribution in [2.75, 3.05) is 6.61 Å². The molecule has 0 amide bonds. The maximum Gasteiger partial charge on any atom is 0.100 e. The first-order valence-corrected chi connectivity index (χ1v) is 3.58. The Labute approximate surface area is 54.9 Å².